The first-order chi connectivity index (χ1) is 9.69. The van der Waals surface area contributed by atoms with Crippen LogP contribution in [0.1, 0.15) is 55.3 Å². The van der Waals surface area contributed by atoms with Gasteiger partial charge in [0.25, 0.3) is 0 Å². The zero-order chi connectivity index (χ0) is 14.0. The third-order valence-corrected chi connectivity index (χ3v) is 4.86. The van der Waals surface area contributed by atoms with E-state index in [4.69, 9.17) is 16.3 Å². The molecule has 1 aliphatic carbocycles. The second-order valence-corrected chi connectivity index (χ2v) is 6.40. The first-order valence-corrected chi connectivity index (χ1v) is 7.86. The molecule has 0 aromatic carbocycles. The van der Waals surface area contributed by atoms with E-state index in [1.165, 1.54) is 19.3 Å². The minimum atomic E-state index is -0.0311. The summed E-state index contributed by atoms with van der Waals surface area (Å²) in [4.78, 5) is 16.6. The molecule has 3 nitrogen and oxygen atoms in total. The van der Waals surface area contributed by atoms with Gasteiger partial charge in [-0.1, -0.05) is 30.9 Å². The smallest absolute Gasteiger partial charge is 0.167 e. The number of halogens is 1. The van der Waals surface area contributed by atoms with E-state index < -0.39 is 0 Å². The molecular formula is C16H20ClNO2. The maximum absolute atomic E-state index is 12.6. The van der Waals surface area contributed by atoms with Crippen LogP contribution in [0.3, 0.4) is 0 Å². The van der Waals surface area contributed by atoms with Crippen LogP contribution in [0.4, 0.5) is 0 Å². The SMILES string of the molecule is O=C(c1ccc(Cl)nc1)C1CCOC2(CCCCC2)C1. The molecule has 3 rings (SSSR count). The Kier molecular flexibility index (Phi) is 4.08. The first-order valence-electron chi connectivity index (χ1n) is 7.48. The van der Waals surface area contributed by atoms with E-state index in [2.05, 4.69) is 4.98 Å². The van der Waals surface area contributed by atoms with Gasteiger partial charge in [0.2, 0.25) is 0 Å². The number of pyridine rings is 1. The fourth-order valence-corrected chi connectivity index (χ4v) is 3.67. The lowest BCUT2D eigenvalue weighted by atomic mass is 9.74. The maximum Gasteiger partial charge on any atom is 0.167 e. The minimum Gasteiger partial charge on any atom is -0.375 e. The molecule has 0 amide bonds. The van der Waals surface area contributed by atoms with E-state index in [1.54, 1.807) is 18.3 Å². The van der Waals surface area contributed by atoms with E-state index in [0.29, 0.717) is 17.3 Å². The van der Waals surface area contributed by atoms with Crippen LogP contribution in [0.15, 0.2) is 18.3 Å². The van der Waals surface area contributed by atoms with Crippen molar-refractivity contribution in [3.63, 3.8) is 0 Å². The zero-order valence-corrected chi connectivity index (χ0v) is 12.4. The van der Waals surface area contributed by atoms with Gasteiger partial charge in [0.15, 0.2) is 5.78 Å². The van der Waals surface area contributed by atoms with Gasteiger partial charge in [-0.05, 0) is 37.8 Å². The summed E-state index contributed by atoms with van der Waals surface area (Å²) in [5.74, 6) is 0.271. The normalized spacial score (nSPS) is 25.6. The van der Waals surface area contributed by atoms with Crippen LogP contribution in [0.5, 0.6) is 0 Å². The molecule has 1 saturated heterocycles. The average Bonchev–Trinajstić information content (AvgIpc) is 2.48. The van der Waals surface area contributed by atoms with E-state index in [1.807, 2.05) is 0 Å². The second-order valence-electron chi connectivity index (χ2n) is 6.02. The van der Waals surface area contributed by atoms with Crippen LogP contribution in [-0.4, -0.2) is 23.0 Å². The topological polar surface area (TPSA) is 39.2 Å². The molecule has 1 saturated carbocycles. The molecule has 1 atom stereocenters. The van der Waals surface area contributed by atoms with Gasteiger partial charge in [-0.2, -0.15) is 0 Å². The number of Topliss-reactive ketones (excluding diaryl/α,β-unsaturated/α-hetero) is 1. The largest absolute Gasteiger partial charge is 0.375 e. The predicted octanol–water partition coefficient (Wildman–Crippen LogP) is 4.05. The molecule has 2 aliphatic rings. The lowest BCUT2D eigenvalue weighted by Crippen LogP contribution is -2.43. The van der Waals surface area contributed by atoms with Crippen LogP contribution in [0.25, 0.3) is 0 Å². The van der Waals surface area contributed by atoms with E-state index in [-0.39, 0.29) is 17.3 Å². The van der Waals surface area contributed by atoms with Crippen molar-refractivity contribution in [3.05, 3.63) is 29.0 Å². The molecule has 0 radical (unpaired) electrons. The number of ketones is 1. The number of aromatic nitrogens is 1. The van der Waals surface area contributed by atoms with E-state index in [9.17, 15) is 4.79 Å². The molecule has 1 unspecified atom stereocenters. The zero-order valence-electron chi connectivity index (χ0n) is 11.6. The van der Waals surface area contributed by atoms with Crippen molar-refractivity contribution < 1.29 is 9.53 Å². The summed E-state index contributed by atoms with van der Waals surface area (Å²) in [6, 6.07) is 3.46. The van der Waals surface area contributed by atoms with Gasteiger partial charge >= 0.3 is 0 Å². The van der Waals surface area contributed by atoms with Crippen molar-refractivity contribution in [1.29, 1.82) is 0 Å². The fraction of sp³-hybridized carbons (Fsp3) is 0.625. The second kappa shape index (κ2) is 5.82. The highest BCUT2D eigenvalue weighted by atomic mass is 35.5. The lowest BCUT2D eigenvalue weighted by molar-refractivity contribution is -0.111. The number of rotatable bonds is 2. The van der Waals surface area contributed by atoms with Gasteiger partial charge in [-0.15, -0.1) is 0 Å². The minimum absolute atomic E-state index is 0.0311. The van der Waals surface area contributed by atoms with Crippen molar-refractivity contribution in [2.24, 2.45) is 5.92 Å². The Morgan fingerprint density at radius 1 is 1.30 bits per heavy atom. The van der Waals surface area contributed by atoms with Gasteiger partial charge in [0.1, 0.15) is 5.15 Å². The molecule has 0 bridgehead atoms. The number of hydrogen-bond donors (Lipinski definition) is 0. The molecule has 1 aromatic heterocycles. The summed E-state index contributed by atoms with van der Waals surface area (Å²) in [5.41, 5.74) is 0.642. The maximum atomic E-state index is 12.6. The first kappa shape index (κ1) is 14.0. The number of ether oxygens (including phenoxy) is 1. The third kappa shape index (κ3) is 2.89. The molecule has 1 aliphatic heterocycles. The van der Waals surface area contributed by atoms with Crippen LogP contribution < -0.4 is 0 Å². The third-order valence-electron chi connectivity index (χ3n) is 4.64. The Hall–Kier alpha value is -0.930. The highest BCUT2D eigenvalue weighted by Crippen LogP contribution is 2.41. The molecule has 2 fully saturated rings. The van der Waals surface area contributed by atoms with Crippen LogP contribution >= 0.6 is 11.6 Å². The monoisotopic (exact) mass is 293 g/mol. The summed E-state index contributed by atoms with van der Waals surface area (Å²) >= 11 is 5.78. The van der Waals surface area contributed by atoms with Crippen LogP contribution in [0.2, 0.25) is 5.15 Å². The van der Waals surface area contributed by atoms with Gasteiger partial charge in [0, 0.05) is 24.3 Å². The molecule has 2 heterocycles. The number of carbonyl (C=O) groups excluding carboxylic acids is 1. The lowest BCUT2D eigenvalue weighted by Gasteiger charge is -2.43. The highest BCUT2D eigenvalue weighted by Gasteiger charge is 2.40. The Morgan fingerprint density at radius 3 is 2.80 bits per heavy atom. The van der Waals surface area contributed by atoms with Crippen LogP contribution in [-0.2, 0) is 4.74 Å². The molecule has 4 heteroatoms. The molecule has 108 valence electrons. The quantitative estimate of drug-likeness (QED) is 0.610. The number of nitrogens with zero attached hydrogens (tertiary/aromatic N) is 1. The molecule has 20 heavy (non-hydrogen) atoms. The summed E-state index contributed by atoms with van der Waals surface area (Å²) in [6.07, 6.45) is 9.24. The van der Waals surface area contributed by atoms with Gasteiger partial charge in [-0.3, -0.25) is 4.79 Å². The molecular weight excluding hydrogens is 274 g/mol. The van der Waals surface area contributed by atoms with Gasteiger partial charge in [-0.25, -0.2) is 4.98 Å². The number of carbonyl (C=O) groups is 1. The number of hydrogen-bond acceptors (Lipinski definition) is 3. The Labute approximate surface area is 124 Å². The standard InChI is InChI=1S/C16H20ClNO2/c17-14-5-4-13(11-18-14)15(19)12-6-9-20-16(10-12)7-2-1-3-8-16/h4-5,11-12H,1-3,6-10H2. The van der Waals surface area contributed by atoms with Gasteiger partial charge in [0.05, 0.1) is 5.60 Å². The van der Waals surface area contributed by atoms with Crippen molar-refractivity contribution >= 4 is 17.4 Å². The molecule has 0 N–H and O–H groups in total. The van der Waals surface area contributed by atoms with Crippen LogP contribution in [0, 0.1) is 5.92 Å². The highest BCUT2D eigenvalue weighted by molar-refractivity contribution is 6.29. The predicted molar refractivity (Wildman–Crippen MR) is 78.1 cm³/mol. The van der Waals surface area contributed by atoms with Crippen molar-refractivity contribution in [2.45, 2.75) is 50.5 Å². The Bertz CT molecular complexity index is 474. The Balaban J connectivity index is 1.73. The molecule has 1 aromatic rings. The van der Waals surface area contributed by atoms with Crippen molar-refractivity contribution in [2.75, 3.05) is 6.61 Å². The van der Waals surface area contributed by atoms with Gasteiger partial charge < -0.3 is 4.74 Å². The summed E-state index contributed by atoms with van der Waals surface area (Å²) < 4.78 is 6.05. The van der Waals surface area contributed by atoms with E-state index in [0.717, 1.165) is 25.7 Å². The molecule has 1 spiro atoms. The summed E-state index contributed by atoms with van der Waals surface area (Å²) in [7, 11) is 0. The Morgan fingerprint density at radius 2 is 2.10 bits per heavy atom. The van der Waals surface area contributed by atoms with Crippen molar-refractivity contribution in [1.82, 2.24) is 4.98 Å². The summed E-state index contributed by atoms with van der Waals surface area (Å²) in [6.45, 7) is 0.706. The van der Waals surface area contributed by atoms with E-state index >= 15 is 0 Å². The average molecular weight is 294 g/mol. The fourth-order valence-electron chi connectivity index (χ4n) is 3.55. The van der Waals surface area contributed by atoms with Crippen molar-refractivity contribution in [3.8, 4) is 0 Å². The summed E-state index contributed by atoms with van der Waals surface area (Å²) in [5, 5.41) is 0.428.